The Bertz CT molecular complexity index is 3320. The highest BCUT2D eigenvalue weighted by atomic mass is 35.5. The minimum absolute atomic E-state index is 0.00213. The number of amides is 1. The van der Waals surface area contributed by atoms with Crippen molar-refractivity contribution in [1.82, 2.24) is 34.4 Å². The second kappa shape index (κ2) is 15.8. The fourth-order valence-electron chi connectivity index (χ4n) is 8.67. The van der Waals surface area contributed by atoms with Crippen LogP contribution in [0.3, 0.4) is 0 Å². The number of sulfonamides is 1. The van der Waals surface area contributed by atoms with Gasteiger partial charge >= 0.3 is 6.36 Å². The number of carbonyl (C=O) groups is 1. The van der Waals surface area contributed by atoms with Crippen molar-refractivity contribution >= 4 is 55.2 Å². The van der Waals surface area contributed by atoms with E-state index in [-0.39, 0.29) is 67.0 Å². The zero-order valence-corrected chi connectivity index (χ0v) is 35.3. The van der Waals surface area contributed by atoms with Crippen LogP contribution in [-0.4, -0.2) is 56.1 Å². The first kappa shape index (κ1) is 44.6. The third-order valence-corrected chi connectivity index (χ3v) is 12.1. The molecule has 1 saturated carbocycles. The van der Waals surface area contributed by atoms with Crippen molar-refractivity contribution in [2.45, 2.75) is 50.1 Å². The number of ether oxygens (including phenoxy) is 1. The molecule has 3 heterocycles. The molecule has 344 valence electrons. The summed E-state index contributed by atoms with van der Waals surface area (Å²) in [7, 11) is -2.60. The molecule has 66 heavy (non-hydrogen) atoms. The molecule has 3 aromatic heterocycles. The average Bonchev–Trinajstić information content (AvgIpc) is 3.75. The van der Waals surface area contributed by atoms with Gasteiger partial charge in [-0.1, -0.05) is 35.9 Å². The molecular formula is C42H30ClF9N8O5S. The summed E-state index contributed by atoms with van der Waals surface area (Å²) < 4.78 is 163. The molecule has 2 N–H and O–H groups in total. The fourth-order valence-corrected chi connectivity index (χ4v) is 9.40. The van der Waals surface area contributed by atoms with E-state index in [1.54, 1.807) is 0 Å². The van der Waals surface area contributed by atoms with Crippen LogP contribution in [0.5, 0.6) is 5.75 Å². The number of anilines is 1. The van der Waals surface area contributed by atoms with E-state index in [0.29, 0.717) is 10.7 Å². The Hall–Kier alpha value is -6.62. The molecule has 2 aliphatic rings. The van der Waals surface area contributed by atoms with E-state index in [0.717, 1.165) is 29.0 Å². The predicted molar refractivity (Wildman–Crippen MR) is 220 cm³/mol. The summed E-state index contributed by atoms with van der Waals surface area (Å²) in [4.78, 5) is 33.9. The standard InChI is InChI=1S/C42H30ClF9N8O5S/c1-58-35-29(10-9-26(43)33(35)38(56-58)57-66(2,63)64)60-39(54-27-14-19(7-8-23(27)40(60)62)22-5-3-4-6-30(22)65-42(50,51)52)28(13-18-11-20(44)15-21(45)12-18)53-31(61)17-59-36-32(34(55-59)37(46)47)24-16-25(24)41(36,48)49/h3-12,14-15,24-25,28,37H,13,16-17H2,1-2H3,(H,53,61)(H,56,57)/t24-,25+,28-/m0/s1. The number of halogens is 10. The van der Waals surface area contributed by atoms with Crippen LogP contribution in [0.1, 0.15) is 53.1 Å². The molecule has 1 fully saturated rings. The predicted octanol–water partition coefficient (Wildman–Crippen LogP) is 8.58. The van der Waals surface area contributed by atoms with Crippen LogP contribution in [0.2, 0.25) is 5.02 Å². The largest absolute Gasteiger partial charge is 0.573 e. The van der Waals surface area contributed by atoms with Gasteiger partial charge in [-0.2, -0.15) is 19.0 Å². The number of carbonyl (C=O) groups excluding carboxylic acids is 1. The summed E-state index contributed by atoms with van der Waals surface area (Å²) in [6, 6.07) is 12.2. The second-order valence-electron chi connectivity index (χ2n) is 15.8. The molecule has 0 saturated heterocycles. The van der Waals surface area contributed by atoms with Crippen LogP contribution >= 0.6 is 11.6 Å². The van der Waals surface area contributed by atoms with Crippen LogP contribution in [-0.2, 0) is 40.8 Å². The summed E-state index contributed by atoms with van der Waals surface area (Å²) in [5.74, 6) is -10.4. The Labute approximate surface area is 370 Å². The van der Waals surface area contributed by atoms with Crippen molar-refractivity contribution in [3.8, 4) is 22.6 Å². The Balaban J connectivity index is 1.27. The molecular weight excluding hydrogens is 935 g/mol. The van der Waals surface area contributed by atoms with Crippen molar-refractivity contribution < 1.29 is 57.5 Å². The summed E-state index contributed by atoms with van der Waals surface area (Å²) in [6.45, 7) is -1.08. The van der Waals surface area contributed by atoms with Gasteiger partial charge in [0.1, 0.15) is 41.1 Å². The number of nitrogens with zero attached hydrogens (tertiary/aromatic N) is 6. The molecule has 3 atom stereocenters. The maximum absolute atomic E-state index is 15.6. The number of nitrogens with one attached hydrogen (secondary N) is 2. The minimum atomic E-state index is -5.10. The zero-order valence-electron chi connectivity index (χ0n) is 33.8. The van der Waals surface area contributed by atoms with Crippen LogP contribution < -0.4 is 20.3 Å². The summed E-state index contributed by atoms with van der Waals surface area (Å²) >= 11 is 6.60. The Morgan fingerprint density at radius 2 is 1.73 bits per heavy atom. The van der Waals surface area contributed by atoms with Crippen molar-refractivity contribution in [3.63, 3.8) is 0 Å². The molecule has 2 aliphatic carbocycles. The van der Waals surface area contributed by atoms with Crippen LogP contribution in [0.15, 0.2) is 77.6 Å². The summed E-state index contributed by atoms with van der Waals surface area (Å²) in [6.07, 6.45) is -8.17. The van der Waals surface area contributed by atoms with Crippen LogP contribution in [0.25, 0.3) is 38.6 Å². The number of hydrogen-bond acceptors (Lipinski definition) is 8. The monoisotopic (exact) mass is 964 g/mol. The van der Waals surface area contributed by atoms with Crippen molar-refractivity contribution in [2.75, 3.05) is 11.0 Å². The number of hydrogen-bond donors (Lipinski definition) is 2. The number of benzene rings is 4. The SMILES string of the molecule is Cn1nc(NS(C)(=O)=O)c2c(Cl)ccc(-n3c([C@H](Cc4cc(F)cc(F)c4)NC(=O)Cn4nc(C(F)F)c5c4C(F)(F)[C@@H]4C[C@H]54)nc4cc(-c5ccccc5OC(F)(F)F)ccc4c3=O)c21. The van der Waals surface area contributed by atoms with Gasteiger partial charge in [-0.05, 0) is 65.9 Å². The van der Waals surface area contributed by atoms with Gasteiger partial charge in [-0.25, -0.2) is 31.0 Å². The lowest BCUT2D eigenvalue weighted by Gasteiger charge is -2.24. The Morgan fingerprint density at radius 1 is 1.02 bits per heavy atom. The number of para-hydroxylation sites is 1. The quantitative estimate of drug-likeness (QED) is 0.116. The number of alkyl halides is 7. The van der Waals surface area contributed by atoms with Crippen molar-refractivity contribution in [1.29, 1.82) is 0 Å². The molecule has 0 bridgehead atoms. The summed E-state index contributed by atoms with van der Waals surface area (Å²) in [5.41, 5.74) is -3.52. The van der Waals surface area contributed by atoms with Gasteiger partial charge in [0.15, 0.2) is 5.82 Å². The van der Waals surface area contributed by atoms with E-state index in [1.807, 2.05) is 0 Å². The molecule has 0 radical (unpaired) electrons. The lowest BCUT2D eigenvalue weighted by Crippen LogP contribution is -2.38. The van der Waals surface area contributed by atoms with Crippen LogP contribution in [0, 0.1) is 17.6 Å². The maximum Gasteiger partial charge on any atom is 0.573 e. The topological polar surface area (TPSA) is 155 Å². The summed E-state index contributed by atoms with van der Waals surface area (Å²) in [5, 5.41) is 10.3. The third-order valence-electron chi connectivity index (χ3n) is 11.2. The number of fused-ring (bicyclic) bond motifs is 5. The van der Waals surface area contributed by atoms with E-state index < -0.39 is 106 Å². The second-order valence-corrected chi connectivity index (χ2v) is 18.0. The highest BCUT2D eigenvalue weighted by molar-refractivity contribution is 7.92. The lowest BCUT2D eigenvalue weighted by atomic mass is 10.0. The van der Waals surface area contributed by atoms with E-state index in [4.69, 9.17) is 16.6 Å². The van der Waals surface area contributed by atoms with Gasteiger partial charge in [-0.15, -0.1) is 13.2 Å². The molecule has 0 aliphatic heterocycles. The molecule has 4 aromatic carbocycles. The smallest absolute Gasteiger partial charge is 0.405 e. The first-order valence-corrected chi connectivity index (χ1v) is 21.8. The van der Waals surface area contributed by atoms with Gasteiger partial charge < -0.3 is 10.1 Å². The highest BCUT2D eigenvalue weighted by Gasteiger charge is 2.67. The average molecular weight is 965 g/mol. The normalized spacial score (nSPS) is 17.0. The first-order valence-electron chi connectivity index (χ1n) is 19.6. The number of aryl methyl sites for hydroxylation is 1. The first-order chi connectivity index (χ1) is 31.0. The van der Waals surface area contributed by atoms with Crippen molar-refractivity contribution in [2.24, 2.45) is 13.0 Å². The van der Waals surface area contributed by atoms with E-state index in [1.165, 1.54) is 60.3 Å². The van der Waals surface area contributed by atoms with E-state index >= 15 is 13.6 Å². The van der Waals surface area contributed by atoms with E-state index in [9.17, 15) is 43.9 Å². The zero-order chi connectivity index (χ0) is 47.4. The van der Waals surface area contributed by atoms with Gasteiger partial charge in [-0.3, -0.25) is 28.2 Å². The number of rotatable bonds is 12. The molecule has 9 rings (SSSR count). The third kappa shape index (κ3) is 8.07. The van der Waals surface area contributed by atoms with Gasteiger partial charge in [0.05, 0.1) is 44.8 Å². The fraction of sp³-hybridized carbons (Fsp3) is 0.262. The van der Waals surface area contributed by atoms with Gasteiger partial charge in [0, 0.05) is 36.6 Å². The molecule has 13 nitrogen and oxygen atoms in total. The minimum Gasteiger partial charge on any atom is -0.405 e. The van der Waals surface area contributed by atoms with Crippen LogP contribution in [0.4, 0.5) is 45.3 Å². The lowest BCUT2D eigenvalue weighted by molar-refractivity contribution is -0.274. The molecule has 24 heteroatoms. The van der Waals surface area contributed by atoms with Gasteiger partial charge in [0.2, 0.25) is 15.9 Å². The Morgan fingerprint density at radius 3 is 2.41 bits per heavy atom. The van der Waals surface area contributed by atoms with Gasteiger partial charge in [0.25, 0.3) is 17.9 Å². The highest BCUT2D eigenvalue weighted by Crippen LogP contribution is 2.68. The number of aromatic nitrogens is 6. The van der Waals surface area contributed by atoms with Crippen molar-refractivity contribution in [3.05, 3.63) is 128 Å². The molecule has 0 unspecified atom stereocenters. The maximum atomic E-state index is 15.6. The molecule has 7 aromatic rings. The van der Waals surface area contributed by atoms with E-state index in [2.05, 4.69) is 25.0 Å². The Kier molecular flexibility index (Phi) is 10.7. The molecule has 0 spiro atoms. The molecule has 1 amide bonds.